The first kappa shape index (κ1) is 19.8. The number of ether oxygens (including phenoxy) is 1. The topological polar surface area (TPSA) is 52.4 Å². The van der Waals surface area contributed by atoms with Gasteiger partial charge in [-0.25, -0.2) is 0 Å². The van der Waals surface area contributed by atoms with Crippen LogP contribution in [0.3, 0.4) is 0 Å². The molecule has 0 heterocycles. The van der Waals surface area contributed by atoms with Crippen LogP contribution < -0.4 is 4.74 Å². The van der Waals surface area contributed by atoms with Crippen LogP contribution in [0.25, 0.3) is 0 Å². The van der Waals surface area contributed by atoms with Gasteiger partial charge in [-0.2, -0.15) is 0 Å². The van der Waals surface area contributed by atoms with Gasteiger partial charge >= 0.3 is 0 Å². The Morgan fingerprint density at radius 2 is 2.09 bits per heavy atom. The maximum atomic E-state index is 10.7. The van der Waals surface area contributed by atoms with Crippen molar-refractivity contribution < 1.29 is 9.66 Å². The van der Waals surface area contributed by atoms with Crippen LogP contribution in [0.15, 0.2) is 48.1 Å². The van der Waals surface area contributed by atoms with Crippen LogP contribution in [0.1, 0.15) is 26.2 Å². The number of alkyl halides is 3. The van der Waals surface area contributed by atoms with E-state index in [1.54, 1.807) is 12.1 Å². The lowest BCUT2D eigenvalue weighted by molar-refractivity contribution is -0.384. The van der Waals surface area contributed by atoms with Crippen LogP contribution >= 0.6 is 34.8 Å². The maximum absolute atomic E-state index is 10.7. The summed E-state index contributed by atoms with van der Waals surface area (Å²) in [5.41, 5.74) is 1.18. The summed E-state index contributed by atoms with van der Waals surface area (Å²) >= 11 is 16.9. The summed E-state index contributed by atoms with van der Waals surface area (Å²) in [4.78, 5) is 10.2. The fraction of sp³-hybridized carbons (Fsp3) is 0.375. The van der Waals surface area contributed by atoms with Crippen LogP contribution in [0.2, 0.25) is 0 Å². The highest BCUT2D eigenvalue weighted by Crippen LogP contribution is 2.30. The maximum Gasteiger partial charge on any atom is 0.273 e. The number of non-ortho nitro benzene ring substituents is 1. The Morgan fingerprint density at radius 3 is 2.74 bits per heavy atom. The molecule has 126 valence electrons. The molecule has 0 spiro atoms. The molecule has 0 amide bonds. The number of benzene rings is 1. The predicted octanol–water partition coefficient (Wildman–Crippen LogP) is 6.02. The number of allylic oxidation sites excluding steroid dienone is 3. The van der Waals surface area contributed by atoms with E-state index in [9.17, 15) is 10.1 Å². The lowest BCUT2D eigenvalue weighted by Gasteiger charge is -2.05. The van der Waals surface area contributed by atoms with Crippen LogP contribution in [-0.2, 0) is 0 Å². The minimum Gasteiger partial charge on any atom is -0.489 e. The first-order valence-electron chi connectivity index (χ1n) is 7.02. The van der Waals surface area contributed by atoms with Crippen molar-refractivity contribution in [1.29, 1.82) is 0 Å². The van der Waals surface area contributed by atoms with Crippen LogP contribution in [0.4, 0.5) is 5.69 Å². The van der Waals surface area contributed by atoms with E-state index >= 15 is 0 Å². The fourth-order valence-electron chi connectivity index (χ4n) is 1.71. The molecule has 0 saturated carbocycles. The van der Waals surface area contributed by atoms with Gasteiger partial charge in [-0.1, -0.05) is 58.6 Å². The van der Waals surface area contributed by atoms with Crippen molar-refractivity contribution in [1.82, 2.24) is 0 Å². The molecule has 0 aromatic heterocycles. The molecule has 0 aliphatic heterocycles. The van der Waals surface area contributed by atoms with Crippen molar-refractivity contribution in [3.8, 4) is 5.75 Å². The summed E-state index contributed by atoms with van der Waals surface area (Å²) < 4.78 is 4.25. The molecular formula is C16H18Cl3NO3. The average molecular weight is 379 g/mol. The van der Waals surface area contributed by atoms with Gasteiger partial charge in [0.05, 0.1) is 11.0 Å². The third-order valence-corrected chi connectivity index (χ3v) is 3.39. The van der Waals surface area contributed by atoms with Crippen LogP contribution in [-0.4, -0.2) is 15.3 Å². The molecule has 1 aromatic rings. The average Bonchev–Trinajstić information content (AvgIpc) is 2.46. The number of hydrogen-bond donors (Lipinski definition) is 0. The van der Waals surface area contributed by atoms with Crippen molar-refractivity contribution >= 4 is 40.5 Å². The number of nitro groups is 1. The molecule has 1 rings (SSSR count). The van der Waals surface area contributed by atoms with Crippen molar-refractivity contribution in [2.24, 2.45) is 0 Å². The van der Waals surface area contributed by atoms with Gasteiger partial charge in [-0.15, -0.1) is 0 Å². The molecule has 23 heavy (non-hydrogen) atoms. The zero-order chi connectivity index (χ0) is 17.3. The summed E-state index contributed by atoms with van der Waals surface area (Å²) in [6, 6.07) is 6.12. The Labute approximate surface area is 150 Å². The highest BCUT2D eigenvalue weighted by Gasteiger charge is 2.16. The highest BCUT2D eigenvalue weighted by molar-refractivity contribution is 6.67. The van der Waals surface area contributed by atoms with E-state index in [1.807, 2.05) is 25.2 Å². The zero-order valence-corrected chi connectivity index (χ0v) is 14.9. The Hall–Kier alpha value is -1.23. The second kappa shape index (κ2) is 9.81. The summed E-state index contributed by atoms with van der Waals surface area (Å²) in [7, 11) is 0. The molecule has 0 fully saturated rings. The Balaban J connectivity index is 2.34. The molecule has 0 radical (unpaired) electrons. The van der Waals surface area contributed by atoms with Gasteiger partial charge in [0.2, 0.25) is 0 Å². The zero-order valence-electron chi connectivity index (χ0n) is 12.7. The van der Waals surface area contributed by atoms with Gasteiger partial charge in [-0.05, 0) is 31.9 Å². The quantitative estimate of drug-likeness (QED) is 0.241. The number of nitrogens with zero attached hydrogens (tertiary/aromatic N) is 1. The Kier molecular flexibility index (Phi) is 8.45. The van der Waals surface area contributed by atoms with Crippen molar-refractivity contribution in [3.63, 3.8) is 0 Å². The normalized spacial score (nSPS) is 12.6. The lowest BCUT2D eigenvalue weighted by atomic mass is 10.1. The van der Waals surface area contributed by atoms with Gasteiger partial charge < -0.3 is 4.74 Å². The molecular weight excluding hydrogens is 361 g/mol. The molecule has 0 N–H and O–H groups in total. The van der Waals surface area contributed by atoms with Crippen LogP contribution in [0.5, 0.6) is 5.75 Å². The third-order valence-electron chi connectivity index (χ3n) is 2.93. The minimum atomic E-state index is -1.24. The Morgan fingerprint density at radius 1 is 1.35 bits per heavy atom. The molecule has 0 aliphatic rings. The molecule has 4 nitrogen and oxygen atoms in total. The minimum absolute atomic E-state index is 0.0160. The van der Waals surface area contributed by atoms with E-state index in [0.29, 0.717) is 18.8 Å². The standard InChI is InChI=1S/C16H18Cl3NO3/c1-13(6-3-2-4-10-16(17,18)19)9-11-23-15-8-5-7-14(12-15)20(21)22/h2,4-5,7-9,12H,3,6,10-11H2,1H3. The van der Waals surface area contributed by atoms with E-state index in [-0.39, 0.29) is 5.69 Å². The number of halogens is 3. The number of nitro benzene ring substituents is 1. The van der Waals surface area contributed by atoms with Gasteiger partial charge in [0, 0.05) is 12.5 Å². The largest absolute Gasteiger partial charge is 0.489 e. The smallest absolute Gasteiger partial charge is 0.273 e. The molecule has 0 aliphatic carbocycles. The second-order valence-corrected chi connectivity index (χ2v) is 7.46. The molecule has 7 heteroatoms. The molecule has 0 bridgehead atoms. The summed E-state index contributed by atoms with van der Waals surface area (Å²) in [6.07, 6.45) is 7.87. The highest BCUT2D eigenvalue weighted by atomic mass is 35.6. The van der Waals surface area contributed by atoms with Gasteiger partial charge in [0.25, 0.3) is 5.69 Å². The van der Waals surface area contributed by atoms with E-state index in [1.165, 1.54) is 12.1 Å². The first-order valence-corrected chi connectivity index (χ1v) is 8.16. The predicted molar refractivity (Wildman–Crippen MR) is 95.6 cm³/mol. The molecule has 0 unspecified atom stereocenters. The second-order valence-electron chi connectivity index (χ2n) is 4.95. The monoisotopic (exact) mass is 377 g/mol. The SMILES string of the molecule is CC(=CCOc1cccc([N+](=O)[O-])c1)CCC=CCC(Cl)(Cl)Cl. The van der Waals surface area contributed by atoms with E-state index in [2.05, 4.69) is 0 Å². The number of rotatable bonds is 8. The van der Waals surface area contributed by atoms with Crippen molar-refractivity contribution in [2.45, 2.75) is 30.0 Å². The summed E-state index contributed by atoms with van der Waals surface area (Å²) in [5.74, 6) is 0.478. The van der Waals surface area contributed by atoms with E-state index in [4.69, 9.17) is 39.5 Å². The number of hydrogen-bond acceptors (Lipinski definition) is 3. The molecule has 0 saturated heterocycles. The molecule has 0 atom stereocenters. The van der Waals surface area contributed by atoms with Gasteiger partial charge in [0.15, 0.2) is 3.79 Å². The van der Waals surface area contributed by atoms with Gasteiger partial charge in [0.1, 0.15) is 12.4 Å². The summed E-state index contributed by atoms with van der Waals surface area (Å²) in [5, 5.41) is 10.7. The fourth-order valence-corrected chi connectivity index (χ4v) is 1.98. The summed E-state index contributed by atoms with van der Waals surface area (Å²) in [6.45, 7) is 2.37. The van der Waals surface area contributed by atoms with Gasteiger partial charge in [-0.3, -0.25) is 10.1 Å². The van der Waals surface area contributed by atoms with Crippen LogP contribution in [0, 0.1) is 10.1 Å². The van der Waals surface area contributed by atoms with E-state index in [0.717, 1.165) is 18.4 Å². The van der Waals surface area contributed by atoms with Crippen molar-refractivity contribution in [3.05, 3.63) is 58.2 Å². The Bertz CT molecular complexity index is 580. The lowest BCUT2D eigenvalue weighted by Crippen LogP contribution is -1.98. The van der Waals surface area contributed by atoms with E-state index < -0.39 is 8.72 Å². The molecule has 1 aromatic carbocycles. The van der Waals surface area contributed by atoms with Crippen molar-refractivity contribution in [2.75, 3.05) is 6.61 Å². The third kappa shape index (κ3) is 9.49. The first-order chi connectivity index (χ1) is 10.8.